The van der Waals surface area contributed by atoms with E-state index in [2.05, 4.69) is 10.2 Å². The van der Waals surface area contributed by atoms with Crippen LogP contribution in [0.3, 0.4) is 0 Å². The molecule has 0 saturated carbocycles. The summed E-state index contributed by atoms with van der Waals surface area (Å²) in [6, 6.07) is 3.73. The lowest BCUT2D eigenvalue weighted by atomic mass is 10.1. The third-order valence-electron chi connectivity index (χ3n) is 3.27. The molecule has 1 fully saturated rings. The maximum Gasteiger partial charge on any atom is 0.167 e. The first-order chi connectivity index (χ1) is 9.26. The zero-order chi connectivity index (χ0) is 13.7. The molecule has 1 aromatic rings. The number of nitrogens with one attached hydrogen (secondary N) is 1. The largest absolute Gasteiger partial charge is 0.493 e. The van der Waals surface area contributed by atoms with Gasteiger partial charge in [-0.3, -0.25) is 4.90 Å². The van der Waals surface area contributed by atoms with Crippen LogP contribution in [-0.2, 0) is 6.54 Å². The van der Waals surface area contributed by atoms with Gasteiger partial charge in [0, 0.05) is 43.3 Å². The van der Waals surface area contributed by atoms with Crippen molar-refractivity contribution in [2.75, 3.05) is 39.9 Å². The van der Waals surface area contributed by atoms with Crippen LogP contribution in [0.25, 0.3) is 0 Å². The van der Waals surface area contributed by atoms with Crippen LogP contribution >= 0.6 is 11.6 Å². The van der Waals surface area contributed by atoms with Crippen LogP contribution in [0, 0.1) is 0 Å². The van der Waals surface area contributed by atoms with Crippen LogP contribution in [0.1, 0.15) is 12.5 Å². The highest BCUT2D eigenvalue weighted by Gasteiger charge is 2.18. The van der Waals surface area contributed by atoms with E-state index in [1.807, 2.05) is 19.1 Å². The molecular weight excluding hydrogens is 264 g/mol. The number of ether oxygens (including phenoxy) is 2. The molecule has 1 aliphatic heterocycles. The van der Waals surface area contributed by atoms with Gasteiger partial charge in [-0.25, -0.2) is 0 Å². The number of hydrogen-bond donors (Lipinski definition) is 1. The minimum Gasteiger partial charge on any atom is -0.493 e. The fourth-order valence-electron chi connectivity index (χ4n) is 2.29. The summed E-state index contributed by atoms with van der Waals surface area (Å²) >= 11 is 6.34. The molecule has 0 unspecified atom stereocenters. The van der Waals surface area contributed by atoms with Crippen LogP contribution in [0.2, 0.25) is 5.02 Å². The Bertz CT molecular complexity index is 420. The Balaban J connectivity index is 2.25. The van der Waals surface area contributed by atoms with Crippen LogP contribution in [0.4, 0.5) is 0 Å². The van der Waals surface area contributed by atoms with Crippen LogP contribution in [0.15, 0.2) is 12.1 Å². The van der Waals surface area contributed by atoms with E-state index in [-0.39, 0.29) is 0 Å². The van der Waals surface area contributed by atoms with E-state index in [0.717, 1.165) is 54.8 Å². The number of rotatable bonds is 5. The Kier molecular flexibility index (Phi) is 5.31. The normalized spacial score (nSPS) is 16.4. The highest BCUT2D eigenvalue weighted by atomic mass is 35.5. The van der Waals surface area contributed by atoms with Crippen LogP contribution in [-0.4, -0.2) is 44.8 Å². The van der Waals surface area contributed by atoms with Gasteiger partial charge in [-0.2, -0.15) is 0 Å². The summed E-state index contributed by atoms with van der Waals surface area (Å²) in [7, 11) is 1.65. The van der Waals surface area contributed by atoms with E-state index in [1.165, 1.54) is 0 Å². The Hall–Kier alpha value is -0.970. The molecule has 2 rings (SSSR count). The monoisotopic (exact) mass is 284 g/mol. The average molecular weight is 285 g/mol. The third-order valence-corrected chi connectivity index (χ3v) is 3.62. The zero-order valence-electron chi connectivity index (χ0n) is 11.5. The Morgan fingerprint density at radius 3 is 2.68 bits per heavy atom. The molecule has 106 valence electrons. The van der Waals surface area contributed by atoms with Gasteiger partial charge in [0.25, 0.3) is 0 Å². The summed E-state index contributed by atoms with van der Waals surface area (Å²) in [6.45, 7) is 7.46. The van der Waals surface area contributed by atoms with E-state index in [0.29, 0.717) is 6.61 Å². The van der Waals surface area contributed by atoms with Crippen molar-refractivity contribution in [2.24, 2.45) is 0 Å². The molecule has 0 spiro atoms. The predicted molar refractivity (Wildman–Crippen MR) is 77.3 cm³/mol. The second-order valence-electron chi connectivity index (χ2n) is 4.52. The van der Waals surface area contributed by atoms with Gasteiger partial charge in [-0.1, -0.05) is 11.6 Å². The lowest BCUT2D eigenvalue weighted by molar-refractivity contribution is 0.226. The smallest absolute Gasteiger partial charge is 0.167 e. The van der Waals surface area contributed by atoms with Crippen LogP contribution in [0.5, 0.6) is 11.5 Å². The molecule has 0 amide bonds. The molecule has 0 atom stereocenters. The number of halogens is 1. The first-order valence-corrected chi connectivity index (χ1v) is 7.05. The van der Waals surface area contributed by atoms with Gasteiger partial charge in [-0.15, -0.1) is 0 Å². The molecule has 5 heteroatoms. The molecule has 1 heterocycles. The first kappa shape index (κ1) is 14.4. The van der Waals surface area contributed by atoms with Gasteiger partial charge >= 0.3 is 0 Å². The molecule has 0 radical (unpaired) electrons. The molecule has 1 aromatic carbocycles. The Labute approximate surface area is 119 Å². The van der Waals surface area contributed by atoms with Gasteiger partial charge < -0.3 is 14.8 Å². The third kappa shape index (κ3) is 3.53. The summed E-state index contributed by atoms with van der Waals surface area (Å²) in [5.74, 6) is 1.52. The quantitative estimate of drug-likeness (QED) is 0.898. The topological polar surface area (TPSA) is 33.7 Å². The van der Waals surface area contributed by atoms with Crippen molar-refractivity contribution < 1.29 is 9.47 Å². The standard InChI is InChI=1S/C14H21ClN2O2/c1-3-19-14-11(10-17-8-6-16-7-9-17)12(15)4-5-13(14)18-2/h4-5,16H,3,6-10H2,1-2H3. The Morgan fingerprint density at radius 2 is 2.05 bits per heavy atom. The van der Waals surface area contributed by atoms with Gasteiger partial charge in [0.15, 0.2) is 11.5 Å². The van der Waals surface area contributed by atoms with E-state index < -0.39 is 0 Å². The van der Waals surface area contributed by atoms with Crippen molar-refractivity contribution in [3.05, 3.63) is 22.7 Å². The maximum absolute atomic E-state index is 6.34. The second kappa shape index (κ2) is 6.98. The predicted octanol–water partition coefficient (Wildman–Crippen LogP) is 2.15. The van der Waals surface area contributed by atoms with E-state index in [4.69, 9.17) is 21.1 Å². The molecular formula is C14H21ClN2O2. The van der Waals surface area contributed by atoms with Gasteiger partial charge in [0.2, 0.25) is 0 Å². The van der Waals surface area contributed by atoms with Crippen molar-refractivity contribution >= 4 is 11.6 Å². The number of hydrogen-bond acceptors (Lipinski definition) is 4. The number of nitrogens with zero attached hydrogens (tertiary/aromatic N) is 1. The molecule has 1 saturated heterocycles. The van der Waals surface area contributed by atoms with Crippen molar-refractivity contribution in [1.29, 1.82) is 0 Å². The first-order valence-electron chi connectivity index (χ1n) is 6.67. The van der Waals surface area contributed by atoms with Crippen molar-refractivity contribution in [3.8, 4) is 11.5 Å². The minimum atomic E-state index is 0.602. The summed E-state index contributed by atoms with van der Waals surface area (Å²) < 4.78 is 11.1. The Morgan fingerprint density at radius 1 is 1.32 bits per heavy atom. The lowest BCUT2D eigenvalue weighted by Crippen LogP contribution is -2.43. The van der Waals surface area contributed by atoms with Crippen molar-refractivity contribution in [1.82, 2.24) is 10.2 Å². The number of benzene rings is 1. The summed E-state index contributed by atoms with van der Waals surface area (Å²) in [6.07, 6.45) is 0. The number of piperazine rings is 1. The zero-order valence-corrected chi connectivity index (χ0v) is 12.3. The van der Waals surface area contributed by atoms with Crippen molar-refractivity contribution in [2.45, 2.75) is 13.5 Å². The van der Waals surface area contributed by atoms with E-state index >= 15 is 0 Å². The van der Waals surface area contributed by atoms with E-state index in [9.17, 15) is 0 Å². The van der Waals surface area contributed by atoms with Gasteiger partial charge in [0.05, 0.1) is 13.7 Å². The molecule has 0 aliphatic carbocycles. The summed E-state index contributed by atoms with van der Waals surface area (Å²) in [5, 5.41) is 4.09. The molecule has 1 N–H and O–H groups in total. The van der Waals surface area contributed by atoms with Gasteiger partial charge in [0.1, 0.15) is 0 Å². The summed E-state index contributed by atoms with van der Waals surface area (Å²) in [4.78, 5) is 2.37. The second-order valence-corrected chi connectivity index (χ2v) is 4.92. The van der Waals surface area contributed by atoms with Crippen LogP contribution < -0.4 is 14.8 Å². The fourth-order valence-corrected chi connectivity index (χ4v) is 2.49. The minimum absolute atomic E-state index is 0.602. The average Bonchev–Trinajstić information content (AvgIpc) is 2.44. The van der Waals surface area contributed by atoms with Gasteiger partial charge in [-0.05, 0) is 19.1 Å². The molecule has 0 aromatic heterocycles. The fraction of sp³-hybridized carbons (Fsp3) is 0.571. The summed E-state index contributed by atoms with van der Waals surface area (Å²) in [5.41, 5.74) is 1.02. The molecule has 1 aliphatic rings. The molecule has 4 nitrogen and oxygen atoms in total. The molecule has 0 bridgehead atoms. The highest BCUT2D eigenvalue weighted by molar-refractivity contribution is 6.31. The number of methoxy groups -OCH3 is 1. The maximum atomic E-state index is 6.34. The highest BCUT2D eigenvalue weighted by Crippen LogP contribution is 2.36. The molecule has 19 heavy (non-hydrogen) atoms. The lowest BCUT2D eigenvalue weighted by Gasteiger charge is -2.28. The SMILES string of the molecule is CCOc1c(OC)ccc(Cl)c1CN1CCNCC1. The van der Waals surface area contributed by atoms with E-state index in [1.54, 1.807) is 7.11 Å². The van der Waals surface area contributed by atoms with Crippen molar-refractivity contribution in [3.63, 3.8) is 0 Å².